The highest BCUT2D eigenvalue weighted by atomic mass is 16.5. The third-order valence-electron chi connectivity index (χ3n) is 2.52. The lowest BCUT2D eigenvalue weighted by atomic mass is 10.1. The molecule has 1 N–H and O–H groups in total. The molecule has 0 saturated carbocycles. The smallest absolute Gasteiger partial charge is 0.351 e. The molecule has 0 bridgehead atoms. The Hall–Kier alpha value is -2.61. The maximum Gasteiger partial charge on any atom is 0.351 e. The fourth-order valence-electron chi connectivity index (χ4n) is 1.75. The highest BCUT2D eigenvalue weighted by molar-refractivity contribution is 6.14. The standard InChI is InChI=1S/C13H10N2O3/c1-2-18-13(17)10(7-14)11-8-5-3-4-6-9(8)12(16)15-11/h3-6H,2H2,1H3,(H,15,16)/b11-10-. The number of ether oxygens (including phenoxy) is 1. The fourth-order valence-corrected chi connectivity index (χ4v) is 1.75. The predicted molar refractivity (Wildman–Crippen MR) is 63.1 cm³/mol. The van der Waals surface area contributed by atoms with Crippen LogP contribution in [0, 0.1) is 11.3 Å². The average molecular weight is 242 g/mol. The second-order valence-corrected chi connectivity index (χ2v) is 3.58. The summed E-state index contributed by atoms with van der Waals surface area (Å²) in [5.74, 6) is -1.05. The van der Waals surface area contributed by atoms with E-state index in [1.54, 1.807) is 37.3 Å². The van der Waals surface area contributed by atoms with Crippen molar-refractivity contribution in [2.75, 3.05) is 6.61 Å². The van der Waals surface area contributed by atoms with E-state index < -0.39 is 5.97 Å². The third-order valence-corrected chi connectivity index (χ3v) is 2.52. The Bertz CT molecular complexity index is 596. The van der Waals surface area contributed by atoms with Gasteiger partial charge in [-0.3, -0.25) is 4.79 Å². The molecule has 2 rings (SSSR count). The lowest BCUT2D eigenvalue weighted by Gasteiger charge is -2.04. The van der Waals surface area contributed by atoms with Gasteiger partial charge in [0.1, 0.15) is 6.07 Å². The average Bonchev–Trinajstić information content (AvgIpc) is 2.69. The Morgan fingerprint density at radius 1 is 1.39 bits per heavy atom. The summed E-state index contributed by atoms with van der Waals surface area (Å²) in [4.78, 5) is 23.3. The molecule has 0 spiro atoms. The van der Waals surface area contributed by atoms with Crippen LogP contribution in [0.15, 0.2) is 29.8 Å². The summed E-state index contributed by atoms with van der Waals surface area (Å²) in [6.45, 7) is 1.83. The lowest BCUT2D eigenvalue weighted by Crippen LogP contribution is -2.17. The van der Waals surface area contributed by atoms with Crippen molar-refractivity contribution in [1.82, 2.24) is 5.32 Å². The van der Waals surface area contributed by atoms with Gasteiger partial charge in [-0.2, -0.15) is 5.26 Å². The van der Waals surface area contributed by atoms with Crippen molar-refractivity contribution in [3.63, 3.8) is 0 Å². The van der Waals surface area contributed by atoms with Crippen LogP contribution in [0.5, 0.6) is 0 Å². The summed E-state index contributed by atoms with van der Waals surface area (Å²) < 4.78 is 4.79. The zero-order chi connectivity index (χ0) is 13.1. The van der Waals surface area contributed by atoms with Gasteiger partial charge in [0.15, 0.2) is 5.57 Å². The Balaban J connectivity index is 2.55. The summed E-state index contributed by atoms with van der Waals surface area (Å²) in [5, 5.41) is 11.6. The number of esters is 1. The van der Waals surface area contributed by atoms with Gasteiger partial charge in [0.05, 0.1) is 12.3 Å². The van der Waals surface area contributed by atoms with Crippen LogP contribution in [0.2, 0.25) is 0 Å². The zero-order valence-electron chi connectivity index (χ0n) is 9.69. The van der Waals surface area contributed by atoms with Gasteiger partial charge in [-0.15, -0.1) is 0 Å². The monoisotopic (exact) mass is 242 g/mol. The molecule has 0 fully saturated rings. The van der Waals surface area contributed by atoms with E-state index in [2.05, 4.69) is 5.32 Å². The summed E-state index contributed by atoms with van der Waals surface area (Å²) in [7, 11) is 0. The molecule has 1 heterocycles. The lowest BCUT2D eigenvalue weighted by molar-refractivity contribution is -0.137. The number of hydrogen-bond donors (Lipinski definition) is 1. The molecule has 1 amide bonds. The van der Waals surface area contributed by atoms with E-state index in [0.717, 1.165) is 0 Å². The van der Waals surface area contributed by atoms with Crippen molar-refractivity contribution >= 4 is 17.6 Å². The second-order valence-electron chi connectivity index (χ2n) is 3.58. The first-order valence-electron chi connectivity index (χ1n) is 5.41. The molecule has 1 aliphatic rings. The summed E-state index contributed by atoms with van der Waals surface area (Å²) >= 11 is 0. The van der Waals surface area contributed by atoms with E-state index in [1.165, 1.54) is 0 Å². The van der Waals surface area contributed by atoms with Crippen molar-refractivity contribution in [3.8, 4) is 6.07 Å². The van der Waals surface area contributed by atoms with Gasteiger partial charge in [-0.25, -0.2) is 4.79 Å². The molecule has 1 aromatic rings. The third kappa shape index (κ3) is 1.84. The number of carbonyl (C=O) groups is 2. The van der Waals surface area contributed by atoms with Crippen LogP contribution in [-0.4, -0.2) is 18.5 Å². The van der Waals surface area contributed by atoms with Crippen molar-refractivity contribution < 1.29 is 14.3 Å². The highest BCUT2D eigenvalue weighted by Gasteiger charge is 2.28. The van der Waals surface area contributed by atoms with Gasteiger partial charge in [-0.05, 0) is 13.0 Å². The van der Waals surface area contributed by atoms with Crippen LogP contribution in [-0.2, 0) is 9.53 Å². The summed E-state index contributed by atoms with van der Waals surface area (Å²) in [6.07, 6.45) is 0. The molecule has 90 valence electrons. The minimum atomic E-state index is -0.730. The van der Waals surface area contributed by atoms with Crippen LogP contribution in [0.4, 0.5) is 0 Å². The number of rotatable bonds is 2. The largest absolute Gasteiger partial charge is 0.462 e. The molecule has 0 aliphatic carbocycles. The van der Waals surface area contributed by atoms with Crippen LogP contribution in [0.1, 0.15) is 22.8 Å². The molecule has 0 aromatic heterocycles. The van der Waals surface area contributed by atoms with Gasteiger partial charge in [0, 0.05) is 11.1 Å². The summed E-state index contributed by atoms with van der Waals surface area (Å²) in [6, 6.07) is 8.55. The first kappa shape index (κ1) is 11.9. The minimum Gasteiger partial charge on any atom is -0.462 e. The molecule has 18 heavy (non-hydrogen) atoms. The number of amides is 1. The molecule has 0 unspecified atom stereocenters. The minimum absolute atomic E-state index is 0.173. The Morgan fingerprint density at radius 2 is 2.06 bits per heavy atom. The Kier molecular flexibility index (Phi) is 3.11. The molecule has 5 heteroatoms. The van der Waals surface area contributed by atoms with Gasteiger partial charge in [0.2, 0.25) is 0 Å². The van der Waals surface area contributed by atoms with E-state index in [4.69, 9.17) is 10.00 Å². The molecule has 0 radical (unpaired) electrons. The number of nitriles is 1. The SMILES string of the molecule is CCOC(=O)/C(C#N)=C1\NC(=O)c2ccccc21. The van der Waals surface area contributed by atoms with Crippen LogP contribution >= 0.6 is 0 Å². The fraction of sp³-hybridized carbons (Fsp3) is 0.154. The molecule has 0 saturated heterocycles. The first-order chi connectivity index (χ1) is 8.69. The van der Waals surface area contributed by atoms with E-state index in [9.17, 15) is 9.59 Å². The highest BCUT2D eigenvalue weighted by Crippen LogP contribution is 2.26. The van der Waals surface area contributed by atoms with Crippen molar-refractivity contribution in [2.24, 2.45) is 0 Å². The molecule has 1 aliphatic heterocycles. The van der Waals surface area contributed by atoms with Crippen LogP contribution < -0.4 is 5.32 Å². The number of nitrogens with one attached hydrogen (secondary N) is 1. The molecule has 5 nitrogen and oxygen atoms in total. The van der Waals surface area contributed by atoms with E-state index >= 15 is 0 Å². The summed E-state index contributed by atoms with van der Waals surface area (Å²) in [5.41, 5.74) is 1.03. The Morgan fingerprint density at radius 3 is 2.67 bits per heavy atom. The number of fused-ring (bicyclic) bond motifs is 1. The van der Waals surface area contributed by atoms with E-state index in [1.807, 2.05) is 0 Å². The Labute approximate surface area is 104 Å². The molecular weight excluding hydrogens is 232 g/mol. The zero-order valence-corrected chi connectivity index (χ0v) is 9.69. The number of carbonyl (C=O) groups excluding carboxylic acids is 2. The predicted octanol–water partition coefficient (Wildman–Crippen LogP) is 1.23. The molecular formula is C13H10N2O3. The molecule has 0 atom stereocenters. The second kappa shape index (κ2) is 4.72. The van der Waals surface area contributed by atoms with Crippen LogP contribution in [0.3, 0.4) is 0 Å². The quantitative estimate of drug-likeness (QED) is 0.480. The van der Waals surface area contributed by atoms with Crippen molar-refractivity contribution in [1.29, 1.82) is 5.26 Å². The first-order valence-corrected chi connectivity index (χ1v) is 5.41. The van der Waals surface area contributed by atoms with Gasteiger partial charge in [-0.1, -0.05) is 18.2 Å². The number of benzene rings is 1. The van der Waals surface area contributed by atoms with Crippen LogP contribution in [0.25, 0.3) is 5.70 Å². The van der Waals surface area contributed by atoms with Gasteiger partial charge < -0.3 is 10.1 Å². The maximum absolute atomic E-state index is 11.7. The number of hydrogen-bond acceptors (Lipinski definition) is 4. The normalized spacial score (nSPS) is 15.4. The van der Waals surface area contributed by atoms with E-state index in [0.29, 0.717) is 11.1 Å². The van der Waals surface area contributed by atoms with E-state index in [-0.39, 0.29) is 23.8 Å². The number of nitrogens with zero attached hydrogens (tertiary/aromatic N) is 1. The van der Waals surface area contributed by atoms with Crippen molar-refractivity contribution in [2.45, 2.75) is 6.92 Å². The molecule has 1 aromatic carbocycles. The maximum atomic E-state index is 11.7. The van der Waals surface area contributed by atoms with Gasteiger partial charge in [0.25, 0.3) is 5.91 Å². The van der Waals surface area contributed by atoms with Gasteiger partial charge >= 0.3 is 5.97 Å². The topological polar surface area (TPSA) is 79.2 Å². The van der Waals surface area contributed by atoms with Crippen molar-refractivity contribution in [3.05, 3.63) is 41.0 Å².